The molecular weight excluding hydrogens is 240 g/mol. The quantitative estimate of drug-likeness (QED) is 0.850. The number of imidazole rings is 1. The summed E-state index contributed by atoms with van der Waals surface area (Å²) in [5.74, 6) is 1.64. The average molecular weight is 260 g/mol. The summed E-state index contributed by atoms with van der Waals surface area (Å²) in [6, 6.07) is 0. The number of nitrogens with zero attached hydrogens (tertiary/aromatic N) is 5. The molecule has 0 aliphatic heterocycles. The van der Waals surface area contributed by atoms with Crippen LogP contribution in [0.1, 0.15) is 31.1 Å². The van der Waals surface area contributed by atoms with Gasteiger partial charge < -0.3 is 9.88 Å². The van der Waals surface area contributed by atoms with Gasteiger partial charge >= 0.3 is 0 Å². The zero-order valence-corrected chi connectivity index (χ0v) is 11.7. The van der Waals surface area contributed by atoms with Crippen molar-refractivity contribution in [2.75, 3.05) is 11.9 Å². The maximum Gasteiger partial charge on any atom is 0.242 e. The summed E-state index contributed by atoms with van der Waals surface area (Å²) >= 11 is 0. The molecule has 0 aliphatic carbocycles. The van der Waals surface area contributed by atoms with E-state index in [9.17, 15) is 0 Å². The van der Waals surface area contributed by atoms with Gasteiger partial charge in [-0.05, 0) is 12.8 Å². The molecule has 2 heterocycles. The lowest BCUT2D eigenvalue weighted by Gasteiger charge is -2.07. The molecule has 0 spiro atoms. The van der Waals surface area contributed by atoms with Crippen LogP contribution in [-0.2, 0) is 26.3 Å². The zero-order chi connectivity index (χ0) is 13.7. The van der Waals surface area contributed by atoms with Crippen LogP contribution >= 0.6 is 0 Å². The van der Waals surface area contributed by atoms with Crippen LogP contribution in [0.3, 0.4) is 0 Å². The lowest BCUT2D eigenvalue weighted by Crippen LogP contribution is -2.13. The monoisotopic (exact) mass is 260 g/mol. The van der Waals surface area contributed by atoms with E-state index in [1.807, 2.05) is 17.8 Å². The summed E-state index contributed by atoms with van der Waals surface area (Å²) in [5, 5.41) is 11.5. The number of rotatable bonds is 6. The molecule has 0 saturated carbocycles. The average Bonchev–Trinajstić information content (AvgIpc) is 2.84. The Bertz CT molecular complexity index is 534. The summed E-state index contributed by atoms with van der Waals surface area (Å²) in [6.45, 7) is 4.90. The van der Waals surface area contributed by atoms with Crippen LogP contribution in [0.4, 0.5) is 5.95 Å². The van der Waals surface area contributed by atoms with Crippen molar-refractivity contribution in [2.24, 2.45) is 7.05 Å². The van der Waals surface area contributed by atoms with Gasteiger partial charge in [0.1, 0.15) is 5.82 Å². The second-order valence-corrected chi connectivity index (χ2v) is 4.37. The molecule has 19 heavy (non-hydrogen) atoms. The summed E-state index contributed by atoms with van der Waals surface area (Å²) in [5.41, 5.74) is 2.01. The molecule has 0 saturated heterocycles. The minimum absolute atomic E-state index is 0.600. The number of hydrogen-bond acceptors (Lipinski definition) is 5. The van der Waals surface area contributed by atoms with Crippen molar-refractivity contribution in [3.8, 4) is 0 Å². The minimum Gasteiger partial charge on any atom is -0.352 e. The predicted molar refractivity (Wildman–Crippen MR) is 74.0 cm³/mol. The molecule has 6 heteroatoms. The highest BCUT2D eigenvalue weighted by Crippen LogP contribution is 2.06. The molecule has 0 atom stereocenters. The molecule has 0 unspecified atom stereocenters. The Morgan fingerprint density at radius 1 is 1.16 bits per heavy atom. The van der Waals surface area contributed by atoms with Gasteiger partial charge in [-0.15, -0.1) is 5.10 Å². The van der Waals surface area contributed by atoms with E-state index in [4.69, 9.17) is 0 Å². The van der Waals surface area contributed by atoms with E-state index in [1.165, 1.54) is 0 Å². The van der Waals surface area contributed by atoms with Crippen molar-refractivity contribution in [1.29, 1.82) is 0 Å². The molecule has 0 radical (unpaired) electrons. The minimum atomic E-state index is 0.600. The van der Waals surface area contributed by atoms with Crippen molar-refractivity contribution < 1.29 is 0 Å². The lowest BCUT2D eigenvalue weighted by molar-refractivity contribution is 0.776. The van der Waals surface area contributed by atoms with Gasteiger partial charge in [-0.2, -0.15) is 5.10 Å². The van der Waals surface area contributed by atoms with Gasteiger partial charge in [0.05, 0.1) is 11.4 Å². The highest BCUT2D eigenvalue weighted by Gasteiger charge is 2.06. The van der Waals surface area contributed by atoms with Crippen molar-refractivity contribution in [2.45, 2.75) is 33.1 Å². The second kappa shape index (κ2) is 6.26. The van der Waals surface area contributed by atoms with Crippen LogP contribution < -0.4 is 5.32 Å². The SMILES string of the molecule is CCc1nnc(NCCc2nccn2C)nc1CC. The first kappa shape index (κ1) is 13.5. The first-order valence-electron chi connectivity index (χ1n) is 6.67. The maximum absolute atomic E-state index is 4.49. The number of aryl methyl sites for hydroxylation is 3. The van der Waals surface area contributed by atoms with Gasteiger partial charge in [0.2, 0.25) is 5.95 Å². The molecule has 2 aromatic rings. The highest BCUT2D eigenvalue weighted by atomic mass is 15.2. The van der Waals surface area contributed by atoms with Crippen molar-refractivity contribution >= 4 is 5.95 Å². The molecule has 0 bridgehead atoms. The van der Waals surface area contributed by atoms with E-state index >= 15 is 0 Å². The van der Waals surface area contributed by atoms with Crippen LogP contribution in [0, 0.1) is 0 Å². The first-order chi connectivity index (χ1) is 9.24. The van der Waals surface area contributed by atoms with Crippen LogP contribution in [0.15, 0.2) is 12.4 Å². The Morgan fingerprint density at radius 2 is 1.95 bits per heavy atom. The fourth-order valence-corrected chi connectivity index (χ4v) is 1.94. The summed E-state index contributed by atoms with van der Waals surface area (Å²) in [7, 11) is 1.99. The van der Waals surface area contributed by atoms with E-state index < -0.39 is 0 Å². The number of anilines is 1. The fraction of sp³-hybridized carbons (Fsp3) is 0.538. The Kier molecular flexibility index (Phi) is 4.43. The Labute approximate surface area is 113 Å². The Hall–Kier alpha value is -1.98. The van der Waals surface area contributed by atoms with Crippen molar-refractivity contribution in [1.82, 2.24) is 24.7 Å². The molecule has 2 rings (SSSR count). The van der Waals surface area contributed by atoms with E-state index in [2.05, 4.69) is 39.3 Å². The van der Waals surface area contributed by atoms with Gasteiger partial charge in [-0.3, -0.25) is 0 Å². The molecule has 0 aliphatic rings. The predicted octanol–water partition coefficient (Wildman–Crippen LogP) is 1.38. The van der Waals surface area contributed by atoms with Gasteiger partial charge in [-0.1, -0.05) is 13.8 Å². The zero-order valence-electron chi connectivity index (χ0n) is 11.7. The molecule has 0 aromatic carbocycles. The van der Waals surface area contributed by atoms with Gasteiger partial charge in [0.25, 0.3) is 0 Å². The summed E-state index contributed by atoms with van der Waals surface area (Å²) < 4.78 is 2.01. The van der Waals surface area contributed by atoms with Gasteiger partial charge in [0.15, 0.2) is 0 Å². The molecule has 102 valence electrons. The molecule has 0 amide bonds. The normalized spacial score (nSPS) is 10.7. The van der Waals surface area contributed by atoms with E-state index in [1.54, 1.807) is 6.20 Å². The van der Waals surface area contributed by atoms with Gasteiger partial charge in [-0.25, -0.2) is 9.97 Å². The lowest BCUT2D eigenvalue weighted by atomic mass is 10.2. The third-order valence-electron chi connectivity index (χ3n) is 3.06. The largest absolute Gasteiger partial charge is 0.352 e. The van der Waals surface area contributed by atoms with Crippen LogP contribution in [0.5, 0.6) is 0 Å². The molecule has 2 aromatic heterocycles. The molecule has 0 fully saturated rings. The Balaban J connectivity index is 1.94. The van der Waals surface area contributed by atoms with Crippen LogP contribution in [0.2, 0.25) is 0 Å². The summed E-state index contributed by atoms with van der Waals surface area (Å²) in [4.78, 5) is 8.77. The van der Waals surface area contributed by atoms with Crippen LogP contribution in [-0.4, -0.2) is 31.3 Å². The number of nitrogens with one attached hydrogen (secondary N) is 1. The van der Waals surface area contributed by atoms with Crippen LogP contribution in [0.25, 0.3) is 0 Å². The first-order valence-corrected chi connectivity index (χ1v) is 6.67. The van der Waals surface area contributed by atoms with Gasteiger partial charge in [0, 0.05) is 32.4 Å². The van der Waals surface area contributed by atoms with E-state index in [0.29, 0.717) is 5.95 Å². The third-order valence-corrected chi connectivity index (χ3v) is 3.06. The Morgan fingerprint density at radius 3 is 2.58 bits per heavy atom. The maximum atomic E-state index is 4.49. The topological polar surface area (TPSA) is 68.5 Å². The summed E-state index contributed by atoms with van der Waals surface area (Å²) in [6.07, 6.45) is 6.34. The highest BCUT2D eigenvalue weighted by molar-refractivity contribution is 5.25. The molecular formula is C13H20N6. The van der Waals surface area contributed by atoms with Crippen molar-refractivity contribution in [3.05, 3.63) is 29.6 Å². The number of aromatic nitrogens is 5. The second-order valence-electron chi connectivity index (χ2n) is 4.37. The standard InChI is InChI=1S/C13H20N6/c1-4-10-11(5-2)17-18-13(16-10)15-7-6-12-14-8-9-19(12)3/h8-9H,4-7H2,1-3H3,(H,15,16,18). The molecule has 1 N–H and O–H groups in total. The molecule has 6 nitrogen and oxygen atoms in total. The fourth-order valence-electron chi connectivity index (χ4n) is 1.94. The van der Waals surface area contributed by atoms with E-state index in [0.717, 1.165) is 43.0 Å². The smallest absolute Gasteiger partial charge is 0.242 e. The van der Waals surface area contributed by atoms with E-state index in [-0.39, 0.29) is 0 Å². The number of hydrogen-bond donors (Lipinski definition) is 1. The van der Waals surface area contributed by atoms with Crippen molar-refractivity contribution in [3.63, 3.8) is 0 Å². The third kappa shape index (κ3) is 3.27.